The Kier molecular flexibility index (Phi) is 8.32. The molecule has 1 aromatic carbocycles. The highest BCUT2D eigenvalue weighted by Crippen LogP contribution is 2.36. The van der Waals surface area contributed by atoms with Gasteiger partial charge in [-0.3, -0.25) is 19.3 Å². The van der Waals surface area contributed by atoms with Gasteiger partial charge in [-0.2, -0.15) is 0 Å². The van der Waals surface area contributed by atoms with E-state index in [0.717, 1.165) is 64.3 Å². The lowest BCUT2D eigenvalue weighted by Crippen LogP contribution is -2.62. The third kappa shape index (κ3) is 5.32. The maximum absolute atomic E-state index is 14.0. The minimum Gasteiger partial charge on any atom is -0.383 e. The molecule has 208 valence electrons. The summed E-state index contributed by atoms with van der Waals surface area (Å²) in [6.07, 6.45) is 3.05. The van der Waals surface area contributed by atoms with Gasteiger partial charge < -0.3 is 29.3 Å². The molecular formula is C28H40N4O6. The lowest BCUT2D eigenvalue weighted by Gasteiger charge is -2.40. The number of carbonyl (C=O) groups excluding carboxylic acids is 3. The fraction of sp³-hybridized carbons (Fsp3) is 0.679. The van der Waals surface area contributed by atoms with E-state index < -0.39 is 17.7 Å². The summed E-state index contributed by atoms with van der Waals surface area (Å²) in [5.41, 5.74) is 0.590. The van der Waals surface area contributed by atoms with E-state index in [9.17, 15) is 14.4 Å². The molecule has 10 heteroatoms. The molecule has 0 bridgehead atoms. The average molecular weight is 529 g/mol. The molecule has 0 spiro atoms. The highest BCUT2D eigenvalue weighted by molar-refractivity contribution is 6.01. The minimum atomic E-state index is -1.03. The predicted molar refractivity (Wildman–Crippen MR) is 141 cm³/mol. The van der Waals surface area contributed by atoms with Crippen LogP contribution in [0.4, 0.5) is 5.69 Å². The first-order chi connectivity index (χ1) is 18.5. The lowest BCUT2D eigenvalue weighted by molar-refractivity contribution is -0.143. The summed E-state index contributed by atoms with van der Waals surface area (Å²) in [5, 5.41) is 3.12. The Bertz CT molecular complexity index is 1000. The van der Waals surface area contributed by atoms with Gasteiger partial charge in [-0.15, -0.1) is 0 Å². The number of amides is 2. The van der Waals surface area contributed by atoms with Gasteiger partial charge in [0.1, 0.15) is 30.4 Å². The second-order valence-electron chi connectivity index (χ2n) is 10.9. The van der Waals surface area contributed by atoms with Crippen LogP contribution in [0.5, 0.6) is 0 Å². The first kappa shape index (κ1) is 27.1. The molecule has 1 saturated carbocycles. The monoisotopic (exact) mass is 528 g/mol. The molecule has 0 aromatic heterocycles. The van der Waals surface area contributed by atoms with E-state index in [1.54, 1.807) is 19.1 Å². The molecule has 3 aliphatic heterocycles. The van der Waals surface area contributed by atoms with Crippen LogP contribution in [0.15, 0.2) is 24.3 Å². The second-order valence-corrected chi connectivity index (χ2v) is 10.9. The number of ketones is 1. The van der Waals surface area contributed by atoms with Crippen LogP contribution in [0.25, 0.3) is 0 Å². The number of carbonyl (C=O) groups is 3. The van der Waals surface area contributed by atoms with Crippen molar-refractivity contribution in [2.75, 3.05) is 71.6 Å². The van der Waals surface area contributed by atoms with Crippen LogP contribution in [0.3, 0.4) is 0 Å². The number of fused-ring (bicyclic) bond motifs is 1. The van der Waals surface area contributed by atoms with Crippen LogP contribution in [0.2, 0.25) is 0 Å². The molecule has 10 nitrogen and oxygen atoms in total. The smallest absolute Gasteiger partial charge is 0.252 e. The van der Waals surface area contributed by atoms with Crippen molar-refractivity contribution >= 4 is 23.3 Å². The number of benzene rings is 1. The summed E-state index contributed by atoms with van der Waals surface area (Å²) in [7, 11) is 3.30. The standard InChI is InChI=1S/C28H40N4O6/c1-36-17-16-30-12-14-31(15-13-30)21-8-6-20(7-9-21)26(34)29-28(10-4-3-5-11-28)27(35)32-18-23(37-2)25-24(32)22(33)19-38-25/h6-9,23-25H,3-5,10-19H2,1-2H3,(H,29,34)/t23-,24-,25-/m1/s1. The van der Waals surface area contributed by atoms with Crippen LogP contribution >= 0.6 is 0 Å². The van der Waals surface area contributed by atoms with Gasteiger partial charge in [-0.1, -0.05) is 19.3 Å². The quantitative estimate of drug-likeness (QED) is 0.535. The molecule has 1 aromatic rings. The molecule has 4 fully saturated rings. The fourth-order valence-electron chi connectivity index (χ4n) is 6.41. The van der Waals surface area contributed by atoms with Gasteiger partial charge in [0.25, 0.3) is 5.91 Å². The fourth-order valence-corrected chi connectivity index (χ4v) is 6.41. The maximum Gasteiger partial charge on any atom is 0.252 e. The molecule has 3 heterocycles. The van der Waals surface area contributed by atoms with E-state index in [-0.39, 0.29) is 30.3 Å². The van der Waals surface area contributed by atoms with Crippen molar-refractivity contribution in [1.82, 2.24) is 15.1 Å². The Morgan fingerprint density at radius 3 is 2.42 bits per heavy atom. The van der Waals surface area contributed by atoms with E-state index in [4.69, 9.17) is 14.2 Å². The number of nitrogens with zero attached hydrogens (tertiary/aromatic N) is 3. The summed E-state index contributed by atoms with van der Waals surface area (Å²) in [5.74, 6) is -0.554. The van der Waals surface area contributed by atoms with Gasteiger partial charge in [0.2, 0.25) is 5.91 Å². The number of piperazine rings is 1. The van der Waals surface area contributed by atoms with Crippen molar-refractivity contribution in [1.29, 1.82) is 0 Å². The second kappa shape index (κ2) is 11.7. The van der Waals surface area contributed by atoms with Crippen LogP contribution in [-0.2, 0) is 23.8 Å². The Hall–Kier alpha value is -2.53. The number of Topliss-reactive ketones (excluding diaryl/α,β-unsaturated/α-hetero) is 1. The Balaban J connectivity index is 1.26. The van der Waals surface area contributed by atoms with E-state index in [1.165, 1.54) is 0 Å². The van der Waals surface area contributed by atoms with E-state index >= 15 is 0 Å². The van der Waals surface area contributed by atoms with Gasteiger partial charge in [0.05, 0.1) is 13.2 Å². The molecule has 1 aliphatic carbocycles. The molecular weight excluding hydrogens is 488 g/mol. The molecule has 0 unspecified atom stereocenters. The number of nitrogens with one attached hydrogen (secondary N) is 1. The zero-order valence-electron chi connectivity index (χ0n) is 22.5. The number of hydrogen-bond donors (Lipinski definition) is 1. The summed E-state index contributed by atoms with van der Waals surface area (Å²) in [6, 6.07) is 7.00. The largest absolute Gasteiger partial charge is 0.383 e. The lowest BCUT2D eigenvalue weighted by atomic mass is 9.80. The molecule has 2 amide bonds. The van der Waals surface area contributed by atoms with Crippen LogP contribution in [0.1, 0.15) is 42.5 Å². The first-order valence-electron chi connectivity index (χ1n) is 13.8. The van der Waals surface area contributed by atoms with Gasteiger partial charge >= 0.3 is 0 Å². The Morgan fingerprint density at radius 2 is 1.76 bits per heavy atom. The van der Waals surface area contributed by atoms with Gasteiger partial charge in [-0.25, -0.2) is 0 Å². The topological polar surface area (TPSA) is 101 Å². The molecule has 1 N–H and O–H groups in total. The molecule has 4 aliphatic rings. The number of rotatable bonds is 8. The average Bonchev–Trinajstić information content (AvgIpc) is 3.52. The normalized spacial score (nSPS) is 27.4. The zero-order chi connectivity index (χ0) is 26.7. The minimum absolute atomic E-state index is 0.00706. The van der Waals surface area contributed by atoms with Crippen LogP contribution < -0.4 is 10.2 Å². The highest BCUT2D eigenvalue weighted by Gasteiger charge is 2.56. The van der Waals surface area contributed by atoms with Crippen LogP contribution in [0, 0.1) is 0 Å². The van der Waals surface area contributed by atoms with Crippen molar-refractivity contribution in [3.8, 4) is 0 Å². The highest BCUT2D eigenvalue weighted by atomic mass is 16.5. The van der Waals surface area contributed by atoms with E-state index in [0.29, 0.717) is 24.9 Å². The van der Waals surface area contributed by atoms with Gasteiger partial charge in [0, 0.05) is 58.2 Å². The number of anilines is 1. The Labute approximate surface area is 224 Å². The summed E-state index contributed by atoms with van der Waals surface area (Å²) in [4.78, 5) is 46.4. The number of methoxy groups -OCH3 is 2. The predicted octanol–water partition coefficient (Wildman–Crippen LogP) is 1.08. The van der Waals surface area contributed by atoms with E-state index in [1.807, 2.05) is 24.3 Å². The third-order valence-electron chi connectivity index (χ3n) is 8.65. The summed E-state index contributed by atoms with van der Waals surface area (Å²) < 4.78 is 16.4. The van der Waals surface area contributed by atoms with E-state index in [2.05, 4.69) is 15.1 Å². The van der Waals surface area contributed by atoms with Crippen molar-refractivity contribution in [2.24, 2.45) is 0 Å². The molecule has 0 radical (unpaired) electrons. The van der Waals surface area contributed by atoms with Crippen molar-refractivity contribution in [2.45, 2.75) is 55.9 Å². The first-order valence-corrected chi connectivity index (χ1v) is 13.8. The van der Waals surface area contributed by atoms with Crippen molar-refractivity contribution in [3.05, 3.63) is 29.8 Å². The van der Waals surface area contributed by atoms with Crippen molar-refractivity contribution < 1.29 is 28.6 Å². The summed E-state index contributed by atoms with van der Waals surface area (Å²) in [6.45, 7) is 5.78. The zero-order valence-corrected chi connectivity index (χ0v) is 22.5. The molecule has 5 rings (SSSR count). The van der Waals surface area contributed by atoms with Gasteiger partial charge in [-0.05, 0) is 37.1 Å². The van der Waals surface area contributed by atoms with Crippen molar-refractivity contribution in [3.63, 3.8) is 0 Å². The summed E-state index contributed by atoms with van der Waals surface area (Å²) >= 11 is 0. The third-order valence-corrected chi connectivity index (χ3v) is 8.65. The Morgan fingerprint density at radius 1 is 1.05 bits per heavy atom. The van der Waals surface area contributed by atoms with Crippen LogP contribution in [-0.4, -0.2) is 118 Å². The molecule has 38 heavy (non-hydrogen) atoms. The maximum atomic E-state index is 14.0. The van der Waals surface area contributed by atoms with Gasteiger partial charge in [0.15, 0.2) is 5.78 Å². The molecule has 3 saturated heterocycles. The number of ether oxygens (including phenoxy) is 3. The SMILES string of the molecule is COCCN1CCN(c2ccc(C(=O)NC3(C(=O)N4C[C@@H](OC)[C@H]5OCC(=O)[C@H]54)CCCCC3)cc2)CC1. The number of likely N-dealkylation sites (tertiary alicyclic amines) is 1. The molecule has 3 atom stereocenters. The number of hydrogen-bond acceptors (Lipinski definition) is 8.